The molecular weight excluding hydrogens is 368 g/mol. The van der Waals surface area contributed by atoms with E-state index in [4.69, 9.17) is 0 Å². The predicted molar refractivity (Wildman–Crippen MR) is 111 cm³/mol. The SMILES string of the molecule is Cc1ccc([C@H]2C(=C(O)c3ccccc3O)C(=O)C(=O)N2CCCN(C)C)cc1. The summed E-state index contributed by atoms with van der Waals surface area (Å²) in [6.45, 7) is 3.11. The van der Waals surface area contributed by atoms with E-state index >= 15 is 0 Å². The topological polar surface area (TPSA) is 81.1 Å². The maximum absolute atomic E-state index is 12.9. The number of likely N-dealkylation sites (tertiary alicyclic amines) is 1. The molecule has 1 aliphatic heterocycles. The third-order valence-corrected chi connectivity index (χ3v) is 5.10. The summed E-state index contributed by atoms with van der Waals surface area (Å²) in [6, 6.07) is 13.1. The largest absolute Gasteiger partial charge is 0.507 e. The Kier molecular flexibility index (Phi) is 6.03. The van der Waals surface area contributed by atoms with Crippen LogP contribution < -0.4 is 0 Å². The van der Waals surface area contributed by atoms with Crippen molar-refractivity contribution >= 4 is 17.4 Å². The van der Waals surface area contributed by atoms with Crippen molar-refractivity contribution in [3.05, 3.63) is 70.8 Å². The van der Waals surface area contributed by atoms with Gasteiger partial charge in [0.2, 0.25) is 0 Å². The van der Waals surface area contributed by atoms with Crippen LogP contribution in [0.3, 0.4) is 0 Å². The molecule has 1 aliphatic rings. The third kappa shape index (κ3) is 4.17. The van der Waals surface area contributed by atoms with Gasteiger partial charge in [0.1, 0.15) is 11.5 Å². The number of hydrogen-bond donors (Lipinski definition) is 2. The van der Waals surface area contributed by atoms with Gasteiger partial charge in [-0.2, -0.15) is 0 Å². The van der Waals surface area contributed by atoms with Gasteiger partial charge < -0.3 is 20.0 Å². The standard InChI is InChI=1S/C23H26N2O4/c1-15-9-11-16(12-10-15)20-19(21(27)17-7-4-5-8-18(17)26)22(28)23(29)25(20)14-6-13-24(2)3/h4-5,7-12,20,26-27H,6,13-14H2,1-3H3/t20-/m0/s1. The molecule has 1 atom stereocenters. The van der Waals surface area contributed by atoms with Gasteiger partial charge in [0.15, 0.2) is 0 Å². The van der Waals surface area contributed by atoms with E-state index in [9.17, 15) is 19.8 Å². The quantitative estimate of drug-likeness (QED) is 0.447. The number of aryl methyl sites for hydroxylation is 1. The highest BCUT2D eigenvalue weighted by Gasteiger charge is 2.45. The number of aliphatic hydroxyl groups excluding tert-OH is 1. The second-order valence-electron chi connectivity index (χ2n) is 7.58. The van der Waals surface area contributed by atoms with Crippen molar-refractivity contribution in [1.82, 2.24) is 9.80 Å². The van der Waals surface area contributed by atoms with E-state index in [1.54, 1.807) is 12.1 Å². The smallest absolute Gasteiger partial charge is 0.295 e. The van der Waals surface area contributed by atoms with Crippen LogP contribution in [0.2, 0.25) is 0 Å². The Morgan fingerprint density at radius 2 is 1.72 bits per heavy atom. The highest BCUT2D eigenvalue weighted by molar-refractivity contribution is 6.46. The van der Waals surface area contributed by atoms with Gasteiger partial charge in [-0.3, -0.25) is 9.59 Å². The van der Waals surface area contributed by atoms with Crippen LogP contribution in [0.1, 0.15) is 29.2 Å². The van der Waals surface area contributed by atoms with Gasteiger partial charge in [-0.15, -0.1) is 0 Å². The number of aliphatic hydroxyl groups is 1. The lowest BCUT2D eigenvalue weighted by molar-refractivity contribution is -0.139. The average molecular weight is 394 g/mol. The van der Waals surface area contributed by atoms with Gasteiger partial charge in [0.05, 0.1) is 17.2 Å². The zero-order valence-corrected chi connectivity index (χ0v) is 16.9. The maximum atomic E-state index is 12.9. The fourth-order valence-corrected chi connectivity index (χ4v) is 3.58. The number of Topliss-reactive ketones (excluding diaryl/α,β-unsaturated/α-hetero) is 1. The number of carbonyl (C=O) groups is 2. The second-order valence-corrected chi connectivity index (χ2v) is 7.58. The molecule has 0 radical (unpaired) electrons. The number of para-hydroxylation sites is 1. The Morgan fingerprint density at radius 3 is 2.34 bits per heavy atom. The monoisotopic (exact) mass is 394 g/mol. The lowest BCUT2D eigenvalue weighted by Gasteiger charge is -2.26. The molecular formula is C23H26N2O4. The first kappa shape index (κ1) is 20.6. The van der Waals surface area contributed by atoms with Gasteiger partial charge >= 0.3 is 0 Å². The predicted octanol–water partition coefficient (Wildman–Crippen LogP) is 3.07. The van der Waals surface area contributed by atoms with Crippen molar-refractivity contribution < 1.29 is 19.8 Å². The number of carbonyl (C=O) groups excluding carboxylic acids is 2. The summed E-state index contributed by atoms with van der Waals surface area (Å²) >= 11 is 0. The van der Waals surface area contributed by atoms with Crippen molar-refractivity contribution in [2.75, 3.05) is 27.2 Å². The molecule has 0 saturated carbocycles. The van der Waals surface area contributed by atoms with Crippen molar-refractivity contribution in [2.24, 2.45) is 0 Å². The van der Waals surface area contributed by atoms with Crippen LogP contribution in [-0.2, 0) is 9.59 Å². The van der Waals surface area contributed by atoms with Crippen molar-refractivity contribution in [1.29, 1.82) is 0 Å². The van der Waals surface area contributed by atoms with Crippen LogP contribution in [0.25, 0.3) is 5.76 Å². The Morgan fingerprint density at radius 1 is 1.07 bits per heavy atom. The molecule has 29 heavy (non-hydrogen) atoms. The van der Waals surface area contributed by atoms with E-state index in [0.29, 0.717) is 13.0 Å². The van der Waals surface area contributed by atoms with Crippen molar-refractivity contribution in [3.63, 3.8) is 0 Å². The number of nitrogens with zero attached hydrogens (tertiary/aromatic N) is 2. The zero-order chi connectivity index (χ0) is 21.1. The van der Waals surface area contributed by atoms with Gasteiger partial charge in [-0.1, -0.05) is 42.0 Å². The van der Waals surface area contributed by atoms with Crippen LogP contribution in [0.15, 0.2) is 54.1 Å². The van der Waals surface area contributed by atoms with Crippen LogP contribution in [-0.4, -0.2) is 58.9 Å². The summed E-state index contributed by atoms with van der Waals surface area (Å²) in [5.74, 6) is -1.87. The molecule has 2 aromatic rings. The van der Waals surface area contributed by atoms with E-state index in [0.717, 1.165) is 17.7 Å². The number of aromatic hydroxyl groups is 1. The number of rotatable bonds is 6. The molecule has 0 spiro atoms. The molecule has 2 N–H and O–H groups in total. The van der Waals surface area contributed by atoms with E-state index < -0.39 is 17.7 Å². The maximum Gasteiger partial charge on any atom is 0.295 e. The molecule has 3 rings (SSSR count). The normalized spacial score (nSPS) is 18.6. The molecule has 1 fully saturated rings. The van der Waals surface area contributed by atoms with Crippen LogP contribution in [0.4, 0.5) is 0 Å². The minimum absolute atomic E-state index is 0.00482. The summed E-state index contributed by atoms with van der Waals surface area (Å²) in [4.78, 5) is 29.2. The van der Waals surface area contributed by atoms with Gasteiger partial charge in [-0.05, 0) is 51.7 Å². The molecule has 0 unspecified atom stereocenters. The van der Waals surface area contributed by atoms with E-state index in [1.807, 2.05) is 50.2 Å². The first-order valence-corrected chi connectivity index (χ1v) is 9.59. The molecule has 0 aromatic heterocycles. The molecule has 1 saturated heterocycles. The van der Waals surface area contributed by atoms with E-state index in [-0.39, 0.29) is 22.6 Å². The van der Waals surface area contributed by atoms with E-state index in [2.05, 4.69) is 0 Å². The summed E-state index contributed by atoms with van der Waals surface area (Å²) < 4.78 is 0. The van der Waals surface area contributed by atoms with Crippen molar-refractivity contribution in [2.45, 2.75) is 19.4 Å². The number of phenolic OH excluding ortho intramolecular Hbond substituents is 1. The fourth-order valence-electron chi connectivity index (χ4n) is 3.58. The Hall–Kier alpha value is -3.12. The lowest BCUT2D eigenvalue weighted by Crippen LogP contribution is -2.32. The molecule has 2 aromatic carbocycles. The minimum Gasteiger partial charge on any atom is -0.507 e. The third-order valence-electron chi connectivity index (χ3n) is 5.10. The van der Waals surface area contributed by atoms with E-state index in [1.165, 1.54) is 17.0 Å². The Bertz CT molecular complexity index is 948. The molecule has 0 bridgehead atoms. The summed E-state index contributed by atoms with van der Waals surface area (Å²) in [6.07, 6.45) is 0.693. The molecule has 0 aliphatic carbocycles. The highest BCUT2D eigenvalue weighted by atomic mass is 16.3. The zero-order valence-electron chi connectivity index (χ0n) is 16.9. The first-order chi connectivity index (χ1) is 13.8. The highest BCUT2D eigenvalue weighted by Crippen LogP contribution is 2.40. The van der Waals surface area contributed by atoms with Crippen molar-refractivity contribution in [3.8, 4) is 5.75 Å². The van der Waals surface area contributed by atoms with Gasteiger partial charge in [-0.25, -0.2) is 0 Å². The van der Waals surface area contributed by atoms with Crippen LogP contribution >= 0.6 is 0 Å². The molecule has 6 heteroatoms. The fraction of sp³-hybridized carbons (Fsp3) is 0.304. The average Bonchev–Trinajstić information content (AvgIpc) is 2.93. The number of amides is 1. The molecule has 6 nitrogen and oxygen atoms in total. The van der Waals surface area contributed by atoms with Gasteiger partial charge in [0.25, 0.3) is 11.7 Å². The summed E-state index contributed by atoms with van der Waals surface area (Å²) in [5, 5.41) is 21.1. The first-order valence-electron chi connectivity index (χ1n) is 9.59. The number of hydrogen-bond acceptors (Lipinski definition) is 5. The number of benzene rings is 2. The number of phenols is 1. The Labute approximate surface area is 170 Å². The van der Waals surface area contributed by atoms with Gasteiger partial charge in [0, 0.05) is 6.54 Å². The Balaban J connectivity index is 2.11. The van der Waals surface area contributed by atoms with Crippen LogP contribution in [0.5, 0.6) is 5.75 Å². The molecule has 152 valence electrons. The summed E-state index contributed by atoms with van der Waals surface area (Å²) in [7, 11) is 3.90. The lowest BCUT2D eigenvalue weighted by atomic mass is 9.94. The van der Waals surface area contributed by atoms with Crippen LogP contribution in [0, 0.1) is 6.92 Å². The molecule has 1 heterocycles. The number of ketones is 1. The second kappa shape index (κ2) is 8.49. The minimum atomic E-state index is -0.735. The molecule has 1 amide bonds. The summed E-state index contributed by atoms with van der Waals surface area (Å²) in [5.41, 5.74) is 1.94.